The molecule has 0 fully saturated rings. The molecule has 0 unspecified atom stereocenters. The number of benzene rings is 2. The van der Waals surface area contributed by atoms with E-state index in [9.17, 15) is 0 Å². The van der Waals surface area contributed by atoms with E-state index in [0.29, 0.717) is 0 Å². The summed E-state index contributed by atoms with van der Waals surface area (Å²) in [5.74, 6) is 2.61. The van der Waals surface area contributed by atoms with Gasteiger partial charge in [-0.15, -0.1) is 11.8 Å². The quantitative estimate of drug-likeness (QED) is 0.690. The van der Waals surface area contributed by atoms with E-state index in [-0.39, 0.29) is 0 Å². The zero-order valence-corrected chi connectivity index (χ0v) is 12.0. The number of nitrogen functional groups attached to an aromatic ring is 1. The molecule has 1 aliphatic rings. The normalized spacial score (nSPS) is 13.8. The first-order valence-corrected chi connectivity index (χ1v) is 7.67. The fourth-order valence-corrected chi connectivity index (χ4v) is 2.89. The molecule has 0 radical (unpaired) electrons. The Morgan fingerprint density at radius 2 is 1.70 bits per heavy atom. The lowest BCUT2D eigenvalue weighted by atomic mass is 10.2. The molecular weight excluding hydrogens is 270 g/mol. The molecule has 0 bridgehead atoms. The molecule has 104 valence electrons. The van der Waals surface area contributed by atoms with Gasteiger partial charge in [-0.3, -0.25) is 0 Å². The van der Waals surface area contributed by atoms with Gasteiger partial charge in [0, 0.05) is 22.8 Å². The summed E-state index contributed by atoms with van der Waals surface area (Å²) in [5, 5.41) is 0. The molecule has 3 rings (SSSR count). The van der Waals surface area contributed by atoms with E-state index >= 15 is 0 Å². The van der Waals surface area contributed by atoms with Gasteiger partial charge < -0.3 is 15.2 Å². The lowest BCUT2D eigenvalue weighted by Crippen LogP contribution is -1.97. The van der Waals surface area contributed by atoms with Crippen LogP contribution >= 0.6 is 11.8 Å². The molecule has 20 heavy (non-hydrogen) atoms. The average Bonchev–Trinajstić information content (AvgIpc) is 2.71. The van der Waals surface area contributed by atoms with Crippen LogP contribution in [0.4, 0.5) is 5.69 Å². The van der Waals surface area contributed by atoms with Gasteiger partial charge in [-0.1, -0.05) is 12.1 Å². The molecule has 1 aliphatic heterocycles. The second-order valence-electron chi connectivity index (χ2n) is 4.69. The number of thioether (sulfide) groups is 1. The lowest BCUT2D eigenvalue weighted by molar-refractivity contribution is 0.297. The summed E-state index contributed by atoms with van der Waals surface area (Å²) in [7, 11) is 0. The van der Waals surface area contributed by atoms with Gasteiger partial charge >= 0.3 is 0 Å². The highest BCUT2D eigenvalue weighted by atomic mass is 32.2. The van der Waals surface area contributed by atoms with Crippen LogP contribution in [-0.4, -0.2) is 13.2 Å². The number of hydrogen-bond acceptors (Lipinski definition) is 4. The minimum atomic E-state index is 0.721. The highest BCUT2D eigenvalue weighted by Gasteiger charge is 2.10. The predicted octanol–water partition coefficient (Wildman–Crippen LogP) is 3.72. The van der Waals surface area contributed by atoms with Gasteiger partial charge in [0.15, 0.2) is 11.5 Å². The second-order valence-corrected chi connectivity index (χ2v) is 5.74. The van der Waals surface area contributed by atoms with Crippen molar-refractivity contribution in [3.05, 3.63) is 48.0 Å². The fourth-order valence-electron chi connectivity index (χ4n) is 2.01. The molecule has 1 heterocycles. The summed E-state index contributed by atoms with van der Waals surface area (Å²) in [6.07, 6.45) is 0.933. The number of ether oxygens (including phenoxy) is 2. The van der Waals surface area contributed by atoms with Crippen LogP contribution in [-0.2, 0) is 5.75 Å². The van der Waals surface area contributed by atoms with Crippen LogP contribution in [0.2, 0.25) is 0 Å². The molecule has 2 aromatic carbocycles. The number of nitrogens with two attached hydrogens (primary N) is 1. The zero-order chi connectivity index (χ0) is 13.8. The van der Waals surface area contributed by atoms with E-state index < -0.39 is 0 Å². The topological polar surface area (TPSA) is 44.5 Å². The fraction of sp³-hybridized carbons (Fsp3) is 0.250. The van der Waals surface area contributed by atoms with Gasteiger partial charge in [0.2, 0.25) is 0 Å². The number of hydrogen-bond donors (Lipinski definition) is 1. The van der Waals surface area contributed by atoms with Crippen LogP contribution in [0, 0.1) is 0 Å². The van der Waals surface area contributed by atoms with Crippen LogP contribution in [0.15, 0.2) is 47.4 Å². The van der Waals surface area contributed by atoms with Gasteiger partial charge in [-0.2, -0.15) is 0 Å². The Kier molecular flexibility index (Phi) is 4.02. The maximum atomic E-state index is 5.70. The summed E-state index contributed by atoms with van der Waals surface area (Å²) in [4.78, 5) is 1.19. The predicted molar refractivity (Wildman–Crippen MR) is 82.5 cm³/mol. The average molecular weight is 287 g/mol. The van der Waals surface area contributed by atoms with Crippen LogP contribution in [0.25, 0.3) is 0 Å². The van der Waals surface area contributed by atoms with Crippen molar-refractivity contribution in [1.82, 2.24) is 0 Å². The summed E-state index contributed by atoms with van der Waals surface area (Å²) in [6.45, 7) is 1.45. The molecule has 0 spiro atoms. The van der Waals surface area contributed by atoms with Gasteiger partial charge in [0.05, 0.1) is 13.2 Å². The number of anilines is 1. The first-order valence-electron chi connectivity index (χ1n) is 6.68. The summed E-state index contributed by atoms with van der Waals surface area (Å²) in [5.41, 5.74) is 7.75. The molecule has 2 N–H and O–H groups in total. The van der Waals surface area contributed by atoms with Crippen molar-refractivity contribution >= 4 is 17.4 Å². The monoisotopic (exact) mass is 287 g/mol. The molecular formula is C16H17NO2S. The lowest BCUT2D eigenvalue weighted by Gasteiger charge is -2.09. The van der Waals surface area contributed by atoms with Crippen molar-refractivity contribution in [3.63, 3.8) is 0 Å². The Morgan fingerprint density at radius 3 is 2.50 bits per heavy atom. The SMILES string of the molecule is Nc1ccc(CSc2ccc3c(c2)OCCCO3)cc1. The molecule has 0 atom stereocenters. The maximum Gasteiger partial charge on any atom is 0.162 e. The van der Waals surface area contributed by atoms with Crippen molar-refractivity contribution in [2.45, 2.75) is 17.1 Å². The summed E-state index contributed by atoms with van der Waals surface area (Å²) < 4.78 is 11.3. The highest BCUT2D eigenvalue weighted by molar-refractivity contribution is 7.98. The molecule has 0 aromatic heterocycles. The van der Waals surface area contributed by atoms with E-state index in [1.165, 1.54) is 10.5 Å². The van der Waals surface area contributed by atoms with Crippen LogP contribution in [0.5, 0.6) is 11.5 Å². The van der Waals surface area contributed by atoms with E-state index in [1.54, 1.807) is 11.8 Å². The van der Waals surface area contributed by atoms with Crippen molar-refractivity contribution in [2.24, 2.45) is 0 Å². The third kappa shape index (κ3) is 3.20. The van der Waals surface area contributed by atoms with E-state index in [2.05, 4.69) is 24.3 Å². The Hall–Kier alpha value is -1.81. The summed E-state index contributed by atoms with van der Waals surface area (Å²) >= 11 is 1.78. The van der Waals surface area contributed by atoms with Gasteiger partial charge in [0.1, 0.15) is 0 Å². The van der Waals surface area contributed by atoms with E-state index in [0.717, 1.165) is 42.6 Å². The second kappa shape index (κ2) is 6.09. The van der Waals surface area contributed by atoms with Crippen molar-refractivity contribution < 1.29 is 9.47 Å². The Morgan fingerprint density at radius 1 is 0.950 bits per heavy atom. The minimum absolute atomic E-state index is 0.721. The largest absolute Gasteiger partial charge is 0.490 e. The first-order chi connectivity index (χ1) is 9.81. The minimum Gasteiger partial charge on any atom is -0.490 e. The molecule has 0 aliphatic carbocycles. The molecule has 2 aromatic rings. The van der Waals surface area contributed by atoms with E-state index in [1.807, 2.05) is 18.2 Å². The van der Waals surface area contributed by atoms with Crippen molar-refractivity contribution in [2.75, 3.05) is 18.9 Å². The Bertz CT molecular complexity index is 584. The van der Waals surface area contributed by atoms with Crippen molar-refractivity contribution in [1.29, 1.82) is 0 Å². The van der Waals surface area contributed by atoms with E-state index in [4.69, 9.17) is 15.2 Å². The van der Waals surface area contributed by atoms with Crippen LogP contribution in [0.1, 0.15) is 12.0 Å². The summed E-state index contributed by atoms with van der Waals surface area (Å²) in [6, 6.07) is 14.1. The number of rotatable bonds is 3. The van der Waals surface area contributed by atoms with Crippen LogP contribution in [0.3, 0.4) is 0 Å². The molecule has 0 saturated heterocycles. The van der Waals surface area contributed by atoms with Crippen LogP contribution < -0.4 is 15.2 Å². The molecule has 0 amide bonds. The molecule has 0 saturated carbocycles. The van der Waals surface area contributed by atoms with Gasteiger partial charge in [-0.05, 0) is 35.9 Å². The third-order valence-electron chi connectivity index (χ3n) is 3.10. The Labute approximate surface area is 123 Å². The standard InChI is InChI=1S/C16H17NO2S/c17-13-4-2-12(3-5-13)11-20-14-6-7-15-16(10-14)19-9-1-8-18-15/h2-7,10H,1,8-9,11,17H2. The first kappa shape index (κ1) is 13.2. The van der Waals surface area contributed by atoms with Crippen molar-refractivity contribution in [3.8, 4) is 11.5 Å². The smallest absolute Gasteiger partial charge is 0.162 e. The molecule has 4 heteroatoms. The zero-order valence-electron chi connectivity index (χ0n) is 11.2. The van der Waals surface area contributed by atoms with Gasteiger partial charge in [-0.25, -0.2) is 0 Å². The Balaban J connectivity index is 1.68. The highest BCUT2D eigenvalue weighted by Crippen LogP contribution is 2.34. The third-order valence-corrected chi connectivity index (χ3v) is 4.17. The molecule has 3 nitrogen and oxygen atoms in total. The maximum absolute atomic E-state index is 5.70. The van der Waals surface area contributed by atoms with Gasteiger partial charge in [0.25, 0.3) is 0 Å². The number of fused-ring (bicyclic) bond motifs is 1.